The van der Waals surface area contributed by atoms with Gasteiger partial charge in [-0.25, -0.2) is 0 Å². The average molecular weight is 393 g/mol. The first-order valence-corrected chi connectivity index (χ1v) is 8.17. The summed E-state index contributed by atoms with van der Waals surface area (Å²) in [6.45, 7) is 6.33. The van der Waals surface area contributed by atoms with Crippen molar-refractivity contribution in [3.8, 4) is 0 Å². The third kappa shape index (κ3) is 3.97. The number of rotatable bonds is 4. The molecule has 0 amide bonds. The van der Waals surface area contributed by atoms with Gasteiger partial charge in [-0.2, -0.15) is 0 Å². The predicted molar refractivity (Wildman–Crippen MR) is 89.6 cm³/mol. The summed E-state index contributed by atoms with van der Waals surface area (Å²) in [5.41, 5.74) is 4.79. The Kier molecular flexibility index (Phi) is 6.68. The molecule has 0 heterocycles. The molecule has 0 unspecified atom stereocenters. The van der Waals surface area contributed by atoms with Gasteiger partial charge in [-0.15, -0.1) is 0 Å². The number of hydrogen-bond donors (Lipinski definition) is 0. The minimum Gasteiger partial charge on any atom is -0.0876 e. The summed E-state index contributed by atoms with van der Waals surface area (Å²) in [5.74, 6) is 0. The van der Waals surface area contributed by atoms with Crippen LogP contribution in [0.3, 0.4) is 0 Å². The van der Waals surface area contributed by atoms with E-state index in [4.69, 9.17) is 11.6 Å². The van der Waals surface area contributed by atoms with Crippen LogP contribution in [0.2, 0.25) is 5.02 Å². The Morgan fingerprint density at radius 1 is 1.44 bits per heavy atom. The van der Waals surface area contributed by atoms with Crippen LogP contribution in [-0.4, -0.2) is 0 Å². The molecule has 0 aliphatic heterocycles. The molecule has 0 saturated carbocycles. The fourth-order valence-electron chi connectivity index (χ4n) is 1.51. The molecule has 0 spiro atoms. The second kappa shape index (κ2) is 7.52. The van der Waals surface area contributed by atoms with Crippen molar-refractivity contribution in [1.82, 2.24) is 0 Å². The van der Waals surface area contributed by atoms with Gasteiger partial charge in [-0.3, -0.25) is 0 Å². The van der Waals surface area contributed by atoms with E-state index in [1.807, 2.05) is 13.0 Å². The Bertz CT molecular complexity index is 488. The maximum Gasteiger partial charge on any atom is 0.0444 e. The first-order valence-electron chi connectivity index (χ1n) is 5.88. The van der Waals surface area contributed by atoms with Crippen molar-refractivity contribution in [2.45, 2.75) is 32.5 Å². The summed E-state index contributed by atoms with van der Waals surface area (Å²) in [4.78, 5) is 0. The summed E-state index contributed by atoms with van der Waals surface area (Å²) >= 11 is 13.4. The summed E-state index contributed by atoms with van der Waals surface area (Å²) in [6, 6.07) is 2.00. The molecular formula is C15H17Br2Cl. The highest BCUT2D eigenvalue weighted by atomic mass is 79.9. The Morgan fingerprint density at radius 3 is 2.67 bits per heavy atom. The van der Waals surface area contributed by atoms with E-state index in [2.05, 4.69) is 63.9 Å². The van der Waals surface area contributed by atoms with Gasteiger partial charge in [0.25, 0.3) is 0 Å². The van der Waals surface area contributed by atoms with Gasteiger partial charge < -0.3 is 0 Å². The largest absolute Gasteiger partial charge is 0.0876 e. The molecule has 18 heavy (non-hydrogen) atoms. The van der Waals surface area contributed by atoms with E-state index in [1.165, 1.54) is 11.1 Å². The zero-order valence-electron chi connectivity index (χ0n) is 10.9. The molecule has 3 heteroatoms. The second-order valence-electron chi connectivity index (χ2n) is 4.23. The van der Waals surface area contributed by atoms with Crippen LogP contribution in [0.1, 0.15) is 37.0 Å². The van der Waals surface area contributed by atoms with E-state index in [-0.39, 0.29) is 0 Å². The standard InChI is InChI=1S/C15H17Br2Cl/c1-4-10(2)6-5-7-13-11(3)14(18)8-12(9-16)15(13)17/h5-8H,4,9H2,1-3H3/b7-5-,10-6+. The van der Waals surface area contributed by atoms with Gasteiger partial charge in [0.1, 0.15) is 0 Å². The second-order valence-corrected chi connectivity index (χ2v) is 5.99. The van der Waals surface area contributed by atoms with Crippen molar-refractivity contribution in [2.24, 2.45) is 0 Å². The number of alkyl halides is 1. The highest BCUT2D eigenvalue weighted by Crippen LogP contribution is 2.32. The SMILES string of the molecule is CC/C(C)=C/C=C\c1c(C)c(Cl)cc(CBr)c1Br. The topological polar surface area (TPSA) is 0 Å². The van der Waals surface area contributed by atoms with Gasteiger partial charge >= 0.3 is 0 Å². The molecule has 0 bridgehead atoms. The molecule has 0 nitrogen and oxygen atoms in total. The number of benzene rings is 1. The lowest BCUT2D eigenvalue weighted by Crippen LogP contribution is -1.90. The molecule has 1 rings (SSSR count). The van der Waals surface area contributed by atoms with Crippen LogP contribution >= 0.6 is 43.5 Å². The lowest BCUT2D eigenvalue weighted by molar-refractivity contribution is 1.10. The Balaban J connectivity index is 3.19. The zero-order valence-corrected chi connectivity index (χ0v) is 14.8. The van der Waals surface area contributed by atoms with Crippen LogP contribution in [0.5, 0.6) is 0 Å². The van der Waals surface area contributed by atoms with Crippen LogP contribution in [0, 0.1) is 6.92 Å². The van der Waals surface area contributed by atoms with Crippen molar-refractivity contribution in [2.75, 3.05) is 0 Å². The molecule has 98 valence electrons. The van der Waals surface area contributed by atoms with Crippen LogP contribution in [-0.2, 0) is 5.33 Å². The fraction of sp³-hybridized carbons (Fsp3) is 0.333. The number of hydrogen-bond acceptors (Lipinski definition) is 0. The first kappa shape index (κ1) is 16.0. The molecule has 1 aromatic carbocycles. The molecule has 0 aromatic heterocycles. The third-order valence-electron chi connectivity index (χ3n) is 2.93. The van der Waals surface area contributed by atoms with E-state index in [0.717, 1.165) is 32.4 Å². The van der Waals surface area contributed by atoms with Crippen molar-refractivity contribution in [3.63, 3.8) is 0 Å². The van der Waals surface area contributed by atoms with Gasteiger partial charge in [0, 0.05) is 14.8 Å². The van der Waals surface area contributed by atoms with E-state index in [0.29, 0.717) is 0 Å². The minimum absolute atomic E-state index is 0.790. The molecule has 0 atom stereocenters. The van der Waals surface area contributed by atoms with E-state index in [1.54, 1.807) is 0 Å². The Labute approximate surface area is 131 Å². The Hall–Kier alpha value is -0.0500. The highest BCUT2D eigenvalue weighted by Gasteiger charge is 2.09. The highest BCUT2D eigenvalue weighted by molar-refractivity contribution is 9.10. The summed E-state index contributed by atoms with van der Waals surface area (Å²) in [6.07, 6.45) is 7.41. The maximum atomic E-state index is 6.25. The third-order valence-corrected chi connectivity index (χ3v) is 4.86. The Morgan fingerprint density at radius 2 is 2.11 bits per heavy atom. The van der Waals surface area contributed by atoms with E-state index in [9.17, 15) is 0 Å². The number of halogens is 3. The van der Waals surface area contributed by atoms with Gasteiger partial charge in [-0.1, -0.05) is 58.3 Å². The lowest BCUT2D eigenvalue weighted by atomic mass is 10.0. The van der Waals surface area contributed by atoms with Crippen LogP contribution in [0.4, 0.5) is 0 Å². The van der Waals surface area contributed by atoms with Crippen molar-refractivity contribution >= 4 is 49.5 Å². The number of allylic oxidation sites excluding steroid dienone is 3. The van der Waals surface area contributed by atoms with Crippen LogP contribution in [0.25, 0.3) is 6.08 Å². The monoisotopic (exact) mass is 390 g/mol. The van der Waals surface area contributed by atoms with Crippen molar-refractivity contribution in [1.29, 1.82) is 0 Å². The lowest BCUT2D eigenvalue weighted by Gasteiger charge is -2.10. The van der Waals surface area contributed by atoms with Gasteiger partial charge in [-0.05, 0) is 59.0 Å². The summed E-state index contributed by atoms with van der Waals surface area (Å²) < 4.78 is 1.11. The molecular weight excluding hydrogens is 375 g/mol. The normalized spacial score (nSPS) is 12.4. The summed E-state index contributed by atoms with van der Waals surface area (Å²) in [5, 5.41) is 1.60. The average Bonchev–Trinajstić information content (AvgIpc) is 2.37. The molecule has 1 aromatic rings. The molecule has 0 radical (unpaired) electrons. The van der Waals surface area contributed by atoms with Gasteiger partial charge in [0.05, 0.1) is 0 Å². The quantitative estimate of drug-likeness (QED) is 0.396. The first-order chi connectivity index (χ1) is 8.51. The van der Waals surface area contributed by atoms with E-state index >= 15 is 0 Å². The smallest absolute Gasteiger partial charge is 0.0444 e. The minimum atomic E-state index is 0.790. The fourth-order valence-corrected chi connectivity index (χ4v) is 3.25. The van der Waals surface area contributed by atoms with Crippen molar-refractivity contribution in [3.05, 3.63) is 50.0 Å². The molecule has 0 N–H and O–H groups in total. The molecule has 0 fully saturated rings. The molecule has 0 aliphatic rings. The zero-order chi connectivity index (χ0) is 13.7. The molecule has 0 aliphatic carbocycles. The molecule has 0 saturated heterocycles. The van der Waals surface area contributed by atoms with Gasteiger partial charge in [0.2, 0.25) is 0 Å². The van der Waals surface area contributed by atoms with Crippen molar-refractivity contribution < 1.29 is 0 Å². The maximum absolute atomic E-state index is 6.25. The van der Waals surface area contributed by atoms with E-state index < -0.39 is 0 Å². The predicted octanol–water partition coefficient (Wildman–Crippen LogP) is 6.68. The van der Waals surface area contributed by atoms with Crippen LogP contribution < -0.4 is 0 Å². The van der Waals surface area contributed by atoms with Crippen LogP contribution in [0.15, 0.2) is 28.3 Å². The summed E-state index contributed by atoms with van der Waals surface area (Å²) in [7, 11) is 0. The van der Waals surface area contributed by atoms with Gasteiger partial charge in [0.15, 0.2) is 0 Å².